The first-order valence-electron chi connectivity index (χ1n) is 4.75. The summed E-state index contributed by atoms with van der Waals surface area (Å²) in [7, 11) is -0.434. The van der Waals surface area contributed by atoms with Crippen LogP contribution in [0.15, 0.2) is 20.1 Å². The number of nitrogens with one attached hydrogen (secondary N) is 1. The van der Waals surface area contributed by atoms with Crippen molar-refractivity contribution in [2.24, 2.45) is 0 Å². The predicted octanol–water partition coefficient (Wildman–Crippen LogP) is 1.45. The summed E-state index contributed by atoms with van der Waals surface area (Å²) in [6.45, 7) is 0.516. The topological polar surface area (TPSA) is 64.6 Å². The van der Waals surface area contributed by atoms with Gasteiger partial charge >= 0.3 is 0 Å². The normalized spacial score (nSPS) is 13.8. The van der Waals surface area contributed by atoms with Crippen LogP contribution < -0.4 is 4.72 Å². The summed E-state index contributed by atoms with van der Waals surface area (Å²) in [6.07, 6.45) is -0.298. The maximum absolute atomic E-state index is 11.9. The number of hydrogen-bond acceptors (Lipinski definition) is 5. The van der Waals surface area contributed by atoms with Gasteiger partial charge in [0, 0.05) is 25.2 Å². The van der Waals surface area contributed by atoms with Gasteiger partial charge in [-0.3, -0.25) is 0 Å². The van der Waals surface area contributed by atoms with Gasteiger partial charge in [-0.2, -0.15) is 0 Å². The van der Waals surface area contributed by atoms with Crippen LogP contribution in [0.4, 0.5) is 0 Å². The third-order valence-corrected chi connectivity index (χ3v) is 6.11. The molecule has 1 unspecified atom stereocenters. The van der Waals surface area contributed by atoms with E-state index in [9.17, 15) is 8.42 Å². The number of rotatable bonds is 7. The molecule has 0 amide bonds. The van der Waals surface area contributed by atoms with Crippen molar-refractivity contribution in [3.63, 3.8) is 0 Å². The molecule has 0 bridgehead atoms. The Morgan fingerprint density at radius 2 is 2.24 bits per heavy atom. The molecule has 1 atom stereocenters. The highest BCUT2D eigenvalue weighted by molar-refractivity contribution is 9.10. The molecule has 1 N–H and O–H groups in total. The predicted molar refractivity (Wildman–Crippen MR) is 69.9 cm³/mol. The summed E-state index contributed by atoms with van der Waals surface area (Å²) < 4.78 is 37.1. The van der Waals surface area contributed by atoms with Gasteiger partial charge in [0.05, 0.1) is 12.7 Å². The monoisotopic (exact) mass is 343 g/mol. The van der Waals surface area contributed by atoms with Crippen LogP contribution in [0.3, 0.4) is 0 Å². The van der Waals surface area contributed by atoms with Gasteiger partial charge in [0.15, 0.2) is 0 Å². The highest BCUT2D eigenvalue weighted by atomic mass is 79.9. The quantitative estimate of drug-likeness (QED) is 0.813. The van der Waals surface area contributed by atoms with Gasteiger partial charge in [0.1, 0.15) is 4.21 Å². The molecule has 0 spiro atoms. The zero-order valence-corrected chi connectivity index (χ0v) is 12.7. The second-order valence-corrected chi connectivity index (χ2v) is 6.95. The van der Waals surface area contributed by atoms with E-state index in [2.05, 4.69) is 20.7 Å². The van der Waals surface area contributed by atoms with Gasteiger partial charge in [-0.15, -0.1) is 11.3 Å². The summed E-state index contributed by atoms with van der Waals surface area (Å²) in [5.41, 5.74) is 0. The summed E-state index contributed by atoms with van der Waals surface area (Å²) >= 11 is 4.35. The molecule has 0 aromatic carbocycles. The van der Waals surface area contributed by atoms with E-state index in [1.807, 2.05) is 0 Å². The van der Waals surface area contributed by atoms with E-state index in [4.69, 9.17) is 9.47 Å². The zero-order chi connectivity index (χ0) is 12.9. The molecular weight excluding hydrogens is 330 g/mol. The molecule has 0 aliphatic rings. The van der Waals surface area contributed by atoms with Crippen molar-refractivity contribution in [2.75, 3.05) is 27.4 Å². The number of methoxy groups -OCH3 is 2. The van der Waals surface area contributed by atoms with Crippen molar-refractivity contribution in [2.45, 2.75) is 10.3 Å². The highest BCUT2D eigenvalue weighted by Gasteiger charge is 2.20. The van der Waals surface area contributed by atoms with Gasteiger partial charge in [-0.25, -0.2) is 13.1 Å². The fraction of sp³-hybridized carbons (Fsp3) is 0.556. The van der Waals surface area contributed by atoms with Crippen molar-refractivity contribution in [1.29, 1.82) is 0 Å². The Morgan fingerprint density at radius 3 is 2.71 bits per heavy atom. The first-order valence-corrected chi connectivity index (χ1v) is 7.91. The van der Waals surface area contributed by atoms with Crippen LogP contribution in [0.25, 0.3) is 0 Å². The lowest BCUT2D eigenvalue weighted by Gasteiger charge is -2.14. The molecule has 8 heteroatoms. The average Bonchev–Trinajstić information content (AvgIpc) is 2.71. The van der Waals surface area contributed by atoms with Crippen molar-refractivity contribution in [1.82, 2.24) is 4.72 Å². The molecule has 0 aliphatic carbocycles. The molecule has 0 saturated carbocycles. The van der Waals surface area contributed by atoms with Gasteiger partial charge in [-0.1, -0.05) is 0 Å². The first-order chi connectivity index (χ1) is 8.01. The maximum Gasteiger partial charge on any atom is 0.251 e. The third kappa shape index (κ3) is 4.31. The van der Waals surface area contributed by atoms with Crippen LogP contribution in [0.2, 0.25) is 0 Å². The van der Waals surface area contributed by atoms with Crippen LogP contribution in [0.1, 0.15) is 0 Å². The molecular formula is C9H14BrNO4S2. The second kappa shape index (κ2) is 6.81. The number of halogens is 1. The van der Waals surface area contributed by atoms with Crippen molar-refractivity contribution in [3.8, 4) is 0 Å². The van der Waals surface area contributed by atoms with E-state index in [0.29, 0.717) is 11.1 Å². The first kappa shape index (κ1) is 15.1. The van der Waals surface area contributed by atoms with E-state index in [-0.39, 0.29) is 16.9 Å². The van der Waals surface area contributed by atoms with Gasteiger partial charge < -0.3 is 9.47 Å². The molecule has 17 heavy (non-hydrogen) atoms. The number of hydrogen-bond donors (Lipinski definition) is 1. The fourth-order valence-electron chi connectivity index (χ4n) is 1.14. The van der Waals surface area contributed by atoms with Gasteiger partial charge in [0.2, 0.25) is 0 Å². The molecule has 0 radical (unpaired) electrons. The second-order valence-electron chi connectivity index (χ2n) is 3.22. The van der Waals surface area contributed by atoms with Gasteiger partial charge in [0.25, 0.3) is 10.0 Å². The Hall–Kier alpha value is 0.01000. The molecule has 5 nitrogen and oxygen atoms in total. The van der Waals surface area contributed by atoms with Crippen LogP contribution in [-0.4, -0.2) is 41.9 Å². The lowest BCUT2D eigenvalue weighted by Crippen LogP contribution is -2.35. The van der Waals surface area contributed by atoms with E-state index in [1.54, 1.807) is 11.4 Å². The fourth-order valence-corrected chi connectivity index (χ4v) is 4.58. The van der Waals surface area contributed by atoms with E-state index in [0.717, 1.165) is 11.3 Å². The lowest BCUT2D eigenvalue weighted by atomic mass is 10.4. The summed E-state index contributed by atoms with van der Waals surface area (Å²) in [5, 5.41) is 1.71. The number of sulfonamides is 1. The molecule has 0 saturated heterocycles. The summed E-state index contributed by atoms with van der Waals surface area (Å²) in [5.74, 6) is 0. The molecule has 1 heterocycles. The molecule has 1 rings (SSSR count). The van der Waals surface area contributed by atoms with E-state index in [1.165, 1.54) is 14.2 Å². The SMILES string of the molecule is COCC(CNS(=O)(=O)c1sccc1Br)OC. The highest BCUT2D eigenvalue weighted by Crippen LogP contribution is 2.27. The molecule has 0 aliphatic heterocycles. The Balaban J connectivity index is 2.65. The standard InChI is InChI=1S/C9H14BrNO4S2/c1-14-6-7(15-2)5-11-17(12,13)9-8(10)3-4-16-9/h3-4,7,11H,5-6H2,1-2H3. The van der Waals surface area contributed by atoms with Crippen molar-refractivity contribution >= 4 is 37.3 Å². The molecule has 1 aromatic rings. The van der Waals surface area contributed by atoms with Crippen molar-refractivity contribution < 1.29 is 17.9 Å². The zero-order valence-electron chi connectivity index (χ0n) is 9.47. The van der Waals surface area contributed by atoms with Crippen LogP contribution in [-0.2, 0) is 19.5 Å². The third-order valence-electron chi connectivity index (χ3n) is 2.02. The van der Waals surface area contributed by atoms with Crippen LogP contribution >= 0.6 is 27.3 Å². The van der Waals surface area contributed by atoms with E-state index >= 15 is 0 Å². The minimum Gasteiger partial charge on any atom is -0.382 e. The minimum atomic E-state index is -3.49. The Morgan fingerprint density at radius 1 is 1.53 bits per heavy atom. The Bertz CT molecular complexity index is 446. The number of ether oxygens (including phenoxy) is 2. The summed E-state index contributed by atoms with van der Waals surface area (Å²) in [6, 6.07) is 1.70. The molecule has 1 aromatic heterocycles. The van der Waals surface area contributed by atoms with Crippen LogP contribution in [0.5, 0.6) is 0 Å². The minimum absolute atomic E-state index is 0.178. The van der Waals surface area contributed by atoms with Gasteiger partial charge in [-0.05, 0) is 27.4 Å². The smallest absolute Gasteiger partial charge is 0.251 e. The largest absolute Gasteiger partial charge is 0.382 e. The van der Waals surface area contributed by atoms with Crippen LogP contribution in [0, 0.1) is 0 Å². The average molecular weight is 344 g/mol. The number of thiophene rings is 1. The molecule has 98 valence electrons. The lowest BCUT2D eigenvalue weighted by molar-refractivity contribution is 0.0320. The van der Waals surface area contributed by atoms with Crippen molar-refractivity contribution in [3.05, 3.63) is 15.9 Å². The maximum atomic E-state index is 11.9. The summed E-state index contributed by atoms with van der Waals surface area (Å²) in [4.78, 5) is 0. The molecule has 0 fully saturated rings. The Labute approximate surface area is 113 Å². The van der Waals surface area contributed by atoms with E-state index < -0.39 is 10.0 Å². The Kier molecular flexibility index (Phi) is 6.04.